The summed E-state index contributed by atoms with van der Waals surface area (Å²) >= 11 is 0. The smallest absolute Gasteiger partial charge is 0.265 e. The third-order valence-electron chi connectivity index (χ3n) is 5.12. The van der Waals surface area contributed by atoms with Crippen LogP contribution in [-0.4, -0.2) is 49.4 Å². The van der Waals surface area contributed by atoms with E-state index in [0.29, 0.717) is 12.8 Å². The lowest BCUT2D eigenvalue weighted by Gasteiger charge is -2.29. The quantitative estimate of drug-likeness (QED) is 0.555. The predicted molar refractivity (Wildman–Crippen MR) is 102 cm³/mol. The maximum absolute atomic E-state index is 13.6. The number of carbonyl (C=O) groups excluding carboxylic acids is 4. The van der Waals surface area contributed by atoms with Crippen molar-refractivity contribution in [3.05, 3.63) is 23.8 Å². The Morgan fingerprint density at radius 3 is 2.53 bits per heavy atom. The van der Waals surface area contributed by atoms with Gasteiger partial charge >= 0.3 is 0 Å². The molecule has 4 N–H and O–H groups in total. The Morgan fingerprint density at radius 2 is 1.97 bits per heavy atom. The number of hydrogen-bond acceptors (Lipinski definition) is 5. The fourth-order valence-electron chi connectivity index (χ4n) is 3.24. The molecule has 1 saturated carbocycles. The van der Waals surface area contributed by atoms with Gasteiger partial charge in [0.2, 0.25) is 11.8 Å². The molecule has 0 radical (unpaired) electrons. The first-order valence-corrected chi connectivity index (χ1v) is 9.48. The first-order valence-electron chi connectivity index (χ1n) is 9.48. The van der Waals surface area contributed by atoms with Crippen molar-refractivity contribution in [2.24, 2.45) is 11.7 Å². The second kappa shape index (κ2) is 9.16. The Hall–Kier alpha value is -3.08. The van der Waals surface area contributed by atoms with E-state index in [2.05, 4.69) is 10.6 Å². The van der Waals surface area contributed by atoms with Crippen molar-refractivity contribution in [2.75, 3.05) is 30.0 Å². The Bertz CT molecular complexity index is 859. The molecule has 1 aliphatic carbocycles. The van der Waals surface area contributed by atoms with E-state index in [1.54, 1.807) is 0 Å². The second-order valence-corrected chi connectivity index (χ2v) is 7.13. The fourth-order valence-corrected chi connectivity index (χ4v) is 3.24. The van der Waals surface area contributed by atoms with Crippen LogP contribution < -0.4 is 21.3 Å². The minimum atomic E-state index is -2.92. The van der Waals surface area contributed by atoms with Crippen molar-refractivity contribution in [2.45, 2.75) is 31.7 Å². The van der Waals surface area contributed by atoms with E-state index in [0.717, 1.165) is 12.5 Å². The summed E-state index contributed by atoms with van der Waals surface area (Å²) in [6.07, 6.45) is -0.700. The number of morpholine rings is 1. The van der Waals surface area contributed by atoms with Crippen molar-refractivity contribution in [1.29, 1.82) is 0 Å². The summed E-state index contributed by atoms with van der Waals surface area (Å²) in [5.41, 5.74) is 4.75. The van der Waals surface area contributed by atoms with Crippen molar-refractivity contribution >= 4 is 35.0 Å². The third-order valence-corrected chi connectivity index (χ3v) is 5.12. The highest BCUT2D eigenvalue weighted by Crippen LogP contribution is 2.33. The number of halogens is 2. The number of rotatable bonds is 7. The molecule has 1 saturated heterocycles. The van der Waals surface area contributed by atoms with Crippen LogP contribution in [0.25, 0.3) is 0 Å². The van der Waals surface area contributed by atoms with Gasteiger partial charge in [0.25, 0.3) is 18.2 Å². The molecule has 1 atom stereocenters. The monoisotopic (exact) mass is 424 g/mol. The van der Waals surface area contributed by atoms with Crippen LogP contribution in [0.1, 0.15) is 31.3 Å². The Labute approximate surface area is 170 Å². The van der Waals surface area contributed by atoms with E-state index in [-0.39, 0.29) is 37.1 Å². The SMILES string of the molecule is NC(=O)[C@@H](NC(=O)C1CCC1)C(=O)Nc1ccc(N2CCOCC2=O)c(C(F)F)c1. The van der Waals surface area contributed by atoms with E-state index in [1.165, 1.54) is 17.0 Å². The highest BCUT2D eigenvalue weighted by molar-refractivity contribution is 6.11. The first-order chi connectivity index (χ1) is 14.3. The summed E-state index contributed by atoms with van der Waals surface area (Å²) in [4.78, 5) is 49.3. The summed E-state index contributed by atoms with van der Waals surface area (Å²) in [6, 6.07) is 2.00. The molecule has 1 heterocycles. The molecule has 11 heteroatoms. The molecule has 0 aromatic heterocycles. The number of nitrogens with one attached hydrogen (secondary N) is 2. The molecule has 0 unspecified atom stereocenters. The number of ether oxygens (including phenoxy) is 1. The topological polar surface area (TPSA) is 131 Å². The third kappa shape index (κ3) is 4.73. The van der Waals surface area contributed by atoms with E-state index >= 15 is 0 Å². The van der Waals surface area contributed by atoms with Crippen LogP contribution >= 0.6 is 0 Å². The number of carbonyl (C=O) groups is 4. The van der Waals surface area contributed by atoms with Crippen molar-refractivity contribution < 1.29 is 32.7 Å². The van der Waals surface area contributed by atoms with Gasteiger partial charge in [0.1, 0.15) is 6.61 Å². The van der Waals surface area contributed by atoms with Gasteiger partial charge in [-0.15, -0.1) is 0 Å². The number of nitrogens with zero attached hydrogens (tertiary/aromatic N) is 1. The van der Waals surface area contributed by atoms with Crippen LogP contribution in [-0.2, 0) is 23.9 Å². The maximum Gasteiger partial charge on any atom is 0.265 e. The van der Waals surface area contributed by atoms with Crippen molar-refractivity contribution in [1.82, 2.24) is 5.32 Å². The number of alkyl halides is 2. The highest BCUT2D eigenvalue weighted by Gasteiger charge is 2.32. The first kappa shape index (κ1) is 21.6. The molecule has 4 amide bonds. The maximum atomic E-state index is 13.6. The largest absolute Gasteiger partial charge is 0.370 e. The van der Waals surface area contributed by atoms with Crippen LogP contribution in [0.5, 0.6) is 0 Å². The average Bonchev–Trinajstić information content (AvgIpc) is 2.65. The second-order valence-electron chi connectivity index (χ2n) is 7.13. The zero-order valence-electron chi connectivity index (χ0n) is 16.0. The number of anilines is 2. The molecule has 30 heavy (non-hydrogen) atoms. The highest BCUT2D eigenvalue weighted by atomic mass is 19.3. The van der Waals surface area contributed by atoms with Gasteiger partial charge < -0.3 is 26.0 Å². The molecule has 1 aromatic rings. The zero-order chi connectivity index (χ0) is 21.8. The molecule has 1 aromatic carbocycles. The molecule has 1 aliphatic heterocycles. The molecular weight excluding hydrogens is 402 g/mol. The van der Waals surface area contributed by atoms with Gasteiger partial charge in [0.15, 0.2) is 6.04 Å². The Morgan fingerprint density at radius 1 is 1.23 bits per heavy atom. The predicted octanol–water partition coefficient (Wildman–Crippen LogP) is 0.696. The van der Waals surface area contributed by atoms with Gasteiger partial charge in [-0.2, -0.15) is 0 Å². The standard InChI is InChI=1S/C19H22F2N4O5/c20-16(21)12-8-11(4-5-13(12)25-6-7-30-9-14(25)26)23-19(29)15(17(22)27)24-18(28)10-2-1-3-10/h4-5,8,10,15-16H,1-3,6-7,9H2,(H2,22,27)(H,23,29)(H,24,28)/t15-/m1/s1. The lowest BCUT2D eigenvalue weighted by atomic mass is 9.84. The fraction of sp³-hybridized carbons (Fsp3) is 0.474. The van der Waals surface area contributed by atoms with Gasteiger partial charge in [-0.05, 0) is 31.0 Å². The van der Waals surface area contributed by atoms with Gasteiger partial charge in [-0.3, -0.25) is 19.2 Å². The Balaban J connectivity index is 1.76. The van der Waals surface area contributed by atoms with Crippen LogP contribution in [0.4, 0.5) is 20.2 Å². The molecule has 162 valence electrons. The minimum absolute atomic E-state index is 0.0148. The lowest BCUT2D eigenvalue weighted by molar-refractivity contribution is -0.136. The van der Waals surface area contributed by atoms with Gasteiger partial charge in [0.05, 0.1) is 12.3 Å². The van der Waals surface area contributed by atoms with Crippen LogP contribution in [0.3, 0.4) is 0 Å². The number of primary amides is 1. The number of amides is 4. The van der Waals surface area contributed by atoms with Gasteiger partial charge in [-0.25, -0.2) is 8.78 Å². The molecule has 2 fully saturated rings. The van der Waals surface area contributed by atoms with E-state index in [1.807, 2.05) is 0 Å². The van der Waals surface area contributed by atoms with Crippen molar-refractivity contribution in [3.63, 3.8) is 0 Å². The molecule has 0 bridgehead atoms. The minimum Gasteiger partial charge on any atom is -0.370 e. The van der Waals surface area contributed by atoms with Crippen LogP contribution in [0, 0.1) is 5.92 Å². The normalized spacial score (nSPS) is 18.0. The summed E-state index contributed by atoms with van der Waals surface area (Å²) < 4.78 is 32.2. The molecule has 0 spiro atoms. The van der Waals surface area contributed by atoms with E-state index < -0.39 is 41.7 Å². The number of hydrogen-bond donors (Lipinski definition) is 3. The zero-order valence-corrected chi connectivity index (χ0v) is 16.0. The average molecular weight is 424 g/mol. The summed E-state index contributed by atoms with van der Waals surface area (Å²) in [6.45, 7) is 0.136. The summed E-state index contributed by atoms with van der Waals surface area (Å²) in [5.74, 6) is -3.17. The number of benzene rings is 1. The Kier molecular flexibility index (Phi) is 6.60. The molecule has 2 aliphatic rings. The van der Waals surface area contributed by atoms with Crippen molar-refractivity contribution in [3.8, 4) is 0 Å². The lowest BCUT2D eigenvalue weighted by Crippen LogP contribution is -2.53. The van der Waals surface area contributed by atoms with Crippen LogP contribution in [0.15, 0.2) is 18.2 Å². The number of nitrogens with two attached hydrogens (primary N) is 1. The summed E-state index contributed by atoms with van der Waals surface area (Å²) in [7, 11) is 0. The molecule has 3 rings (SSSR count). The molecular formula is C19H22F2N4O5. The van der Waals surface area contributed by atoms with Gasteiger partial charge in [-0.1, -0.05) is 6.42 Å². The van der Waals surface area contributed by atoms with E-state index in [9.17, 15) is 28.0 Å². The van der Waals surface area contributed by atoms with E-state index in [4.69, 9.17) is 10.5 Å². The van der Waals surface area contributed by atoms with Gasteiger partial charge in [0, 0.05) is 23.7 Å². The summed E-state index contributed by atoms with van der Waals surface area (Å²) in [5, 5.41) is 4.63. The van der Waals surface area contributed by atoms with Crippen LogP contribution in [0.2, 0.25) is 0 Å². The molecule has 9 nitrogen and oxygen atoms in total.